The minimum atomic E-state index is -0.667. The zero-order valence-electron chi connectivity index (χ0n) is 49.4. The van der Waals surface area contributed by atoms with E-state index in [0.29, 0.717) is 11.4 Å². The summed E-state index contributed by atoms with van der Waals surface area (Å²) in [6.07, 6.45) is 0. The Morgan fingerprint density at radius 1 is 0.318 bits per heavy atom. The first-order valence-corrected chi connectivity index (χ1v) is 30.3. The lowest BCUT2D eigenvalue weighted by Crippen LogP contribution is -2.64. The molecule has 0 unspecified atom stereocenters. The lowest BCUT2D eigenvalue weighted by molar-refractivity contribution is 0.487. The Kier molecular flexibility index (Phi) is 10.6. The smallest absolute Gasteiger partial charge is 0.256 e. The van der Waals surface area contributed by atoms with Crippen molar-refractivity contribution in [2.75, 3.05) is 14.7 Å². The topological polar surface area (TPSA) is 28.8 Å². The number of hydrogen-bond donors (Lipinski definition) is 0. The van der Waals surface area contributed by atoms with Gasteiger partial charge in [-0.05, 0) is 187 Å². The molecule has 0 spiro atoms. The van der Waals surface area contributed by atoms with E-state index in [0.717, 1.165) is 140 Å². The number of rotatable bonds is 5. The maximum atomic E-state index is 16.4. The molecule has 0 bridgehead atoms. The summed E-state index contributed by atoms with van der Waals surface area (Å²) in [5, 5.41) is 4.69. The first-order valence-electron chi connectivity index (χ1n) is 30.3. The van der Waals surface area contributed by atoms with Gasteiger partial charge in [0.15, 0.2) is 0 Å². The normalized spacial score (nSPS) is 13.4. The number of anilines is 9. The fourth-order valence-corrected chi connectivity index (χ4v) is 15.5. The number of halogens is 2. The zero-order chi connectivity index (χ0) is 59.1. The molecule has 0 fully saturated rings. The van der Waals surface area contributed by atoms with Crippen molar-refractivity contribution < 1.29 is 13.5 Å². The van der Waals surface area contributed by atoms with E-state index < -0.39 is 11.6 Å². The second-order valence-corrected chi connectivity index (χ2v) is 24.6. The Bertz CT molecular complexity index is 5380. The van der Waals surface area contributed by atoms with E-state index in [9.17, 15) is 0 Å². The van der Waals surface area contributed by atoms with Gasteiger partial charge >= 0.3 is 0 Å². The molecule has 6 nitrogen and oxygen atoms in total. The molecule has 12 aromatic carbocycles. The van der Waals surface area contributed by atoms with Crippen molar-refractivity contribution in [1.29, 1.82) is 0 Å². The molecule has 418 valence electrons. The molecule has 0 N–H and O–H groups in total. The first-order chi connectivity index (χ1) is 42.9. The molecule has 14 aromatic rings. The number of aromatic nitrogens is 2. The molecule has 0 radical (unpaired) electrons. The van der Waals surface area contributed by atoms with E-state index in [1.807, 2.05) is 0 Å². The Morgan fingerprint density at radius 2 is 0.773 bits per heavy atom. The van der Waals surface area contributed by atoms with Gasteiger partial charge in [-0.1, -0.05) is 127 Å². The Morgan fingerprint density at radius 3 is 1.31 bits per heavy atom. The second kappa shape index (κ2) is 18.5. The summed E-state index contributed by atoms with van der Waals surface area (Å²) < 4.78 is 45.3. The van der Waals surface area contributed by atoms with E-state index >= 15 is 8.78 Å². The summed E-state index contributed by atoms with van der Waals surface area (Å²) in [7, 11) is 0. The quantitative estimate of drug-likeness (QED) is 0.161. The van der Waals surface area contributed by atoms with Gasteiger partial charge in [-0.2, -0.15) is 0 Å². The number of nitrogens with zero attached hydrogens (tertiary/aromatic N) is 5. The predicted octanol–water partition coefficient (Wildman–Crippen LogP) is 16.5. The lowest BCUT2D eigenvalue weighted by atomic mass is 9.30. The van der Waals surface area contributed by atoms with Crippen LogP contribution in [0, 0.1) is 53.2 Å². The molecule has 0 saturated heterocycles. The van der Waals surface area contributed by atoms with E-state index in [4.69, 9.17) is 4.74 Å². The molecule has 10 heteroatoms. The molecule has 18 rings (SSSR count). The van der Waals surface area contributed by atoms with E-state index in [2.05, 4.69) is 272 Å². The van der Waals surface area contributed by atoms with Crippen LogP contribution in [-0.2, 0) is 0 Å². The molecule has 0 atom stereocenters. The average molecular weight is 1140 g/mol. The number of hydrogen-bond acceptors (Lipinski definition) is 4. The van der Waals surface area contributed by atoms with Crippen LogP contribution in [-0.4, -0.2) is 22.6 Å². The maximum Gasteiger partial charge on any atom is 0.256 e. The van der Waals surface area contributed by atoms with Crippen LogP contribution in [0.5, 0.6) is 11.5 Å². The molecular weight excluding hydrogens is 1080 g/mol. The van der Waals surface area contributed by atoms with Crippen LogP contribution in [0.15, 0.2) is 224 Å². The SMILES string of the molecule is Cc1ccc2c3ccc(C)c(C)c3n(-c3cc4c5c(c3)N(c3ccccc3)c3ccccc3B5c3cc5c(cc3O4)N(c3cc(F)cc(F)c3)c3cc(-n4c6cc(C)ccc6c6ccc(C)c(C)c64)cc4c3B5c3ccccc3N4c3ccccc3)c2c1. The van der Waals surface area contributed by atoms with E-state index in [1.165, 1.54) is 50.7 Å². The zero-order valence-corrected chi connectivity index (χ0v) is 49.4. The standard InChI is InChI=1S/C78H55B2F2N5O/c1-44-25-29-57-59-31-27-46(3)48(5)77(59)86(67(57)33-44)55-38-70-75-71(39-55)85(54-36-50(81)35-51(82)37-54)69-43-73-64(42-63(69)79(75)61-21-13-15-23-65(61)83(70)52-17-9-7-10-18-52)80-62-22-14-16-24-66(62)84(53-19-11-8-12-20-53)72-40-56(41-74(88-73)76(72)80)87-68-34-45(2)26-30-58(68)60-32-28-47(4)49(6)78(60)87/h7-43H,1-6H3. The van der Waals surface area contributed by atoms with Crippen LogP contribution >= 0.6 is 0 Å². The highest BCUT2D eigenvalue weighted by atomic mass is 19.1. The second-order valence-electron chi connectivity index (χ2n) is 24.6. The first kappa shape index (κ1) is 50.7. The van der Waals surface area contributed by atoms with Gasteiger partial charge in [-0.3, -0.25) is 0 Å². The summed E-state index contributed by atoms with van der Waals surface area (Å²) in [6, 6.07) is 79.0. The van der Waals surface area contributed by atoms with Gasteiger partial charge in [-0.25, -0.2) is 8.78 Å². The monoisotopic (exact) mass is 1140 g/mol. The predicted molar refractivity (Wildman–Crippen MR) is 363 cm³/mol. The van der Waals surface area contributed by atoms with E-state index in [1.54, 1.807) is 0 Å². The van der Waals surface area contributed by atoms with Gasteiger partial charge in [0, 0.05) is 85.2 Å². The fourth-order valence-electron chi connectivity index (χ4n) is 15.5. The van der Waals surface area contributed by atoms with Crippen molar-refractivity contribution in [2.45, 2.75) is 41.5 Å². The molecule has 6 heterocycles. The molecule has 4 aliphatic rings. The molecule has 0 saturated carbocycles. The Labute approximate surface area is 509 Å². The van der Waals surface area contributed by atoms with Gasteiger partial charge < -0.3 is 28.6 Å². The molecule has 0 aliphatic carbocycles. The number of para-hydroxylation sites is 4. The van der Waals surface area contributed by atoms with Crippen molar-refractivity contribution in [3.8, 4) is 22.9 Å². The Hall–Kier alpha value is -10.6. The van der Waals surface area contributed by atoms with Crippen LogP contribution < -0.4 is 52.2 Å². The van der Waals surface area contributed by atoms with E-state index in [-0.39, 0.29) is 13.4 Å². The van der Waals surface area contributed by atoms with Crippen molar-refractivity contribution in [3.63, 3.8) is 0 Å². The van der Waals surface area contributed by atoms with Crippen molar-refractivity contribution in [3.05, 3.63) is 269 Å². The van der Waals surface area contributed by atoms with Crippen molar-refractivity contribution in [2.24, 2.45) is 0 Å². The number of benzene rings is 12. The van der Waals surface area contributed by atoms with Gasteiger partial charge in [0.25, 0.3) is 13.4 Å². The summed E-state index contributed by atoms with van der Waals surface area (Å²) in [5.74, 6) is 0.0820. The third-order valence-electron chi connectivity index (χ3n) is 19.6. The molecule has 2 aromatic heterocycles. The molecular formula is C78H55B2F2N5O. The summed E-state index contributed by atoms with van der Waals surface area (Å²) in [4.78, 5) is 6.90. The van der Waals surface area contributed by atoms with Crippen LogP contribution in [0.2, 0.25) is 0 Å². The lowest BCUT2D eigenvalue weighted by Gasteiger charge is -2.45. The number of aryl methyl sites for hydroxylation is 6. The third-order valence-corrected chi connectivity index (χ3v) is 19.6. The van der Waals surface area contributed by atoms with Crippen LogP contribution in [0.1, 0.15) is 33.4 Å². The summed E-state index contributed by atoms with van der Waals surface area (Å²) >= 11 is 0. The maximum absolute atomic E-state index is 16.4. The highest BCUT2D eigenvalue weighted by molar-refractivity contribution is 7.02. The molecule has 88 heavy (non-hydrogen) atoms. The fraction of sp³-hybridized carbons (Fsp3) is 0.0769. The highest BCUT2D eigenvalue weighted by Gasteiger charge is 2.48. The number of fused-ring (bicyclic) bond motifs is 14. The minimum Gasteiger partial charge on any atom is -0.458 e. The summed E-state index contributed by atoms with van der Waals surface area (Å²) in [6.45, 7) is 12.5. The van der Waals surface area contributed by atoms with Gasteiger partial charge in [0.05, 0.1) is 39.1 Å². The highest BCUT2D eigenvalue weighted by Crippen LogP contribution is 2.50. The summed E-state index contributed by atoms with van der Waals surface area (Å²) in [5.41, 5.74) is 28.0. The average Bonchev–Trinajstić information content (AvgIpc) is 0.754. The van der Waals surface area contributed by atoms with Gasteiger partial charge in [0.1, 0.15) is 23.1 Å². The van der Waals surface area contributed by atoms with Crippen molar-refractivity contribution >= 4 is 141 Å². The van der Waals surface area contributed by atoms with Crippen LogP contribution in [0.4, 0.5) is 60.0 Å². The molecule has 4 aliphatic heterocycles. The largest absolute Gasteiger partial charge is 0.458 e. The van der Waals surface area contributed by atoms with Crippen LogP contribution in [0.3, 0.4) is 0 Å². The van der Waals surface area contributed by atoms with Crippen LogP contribution in [0.25, 0.3) is 55.0 Å². The van der Waals surface area contributed by atoms with Crippen molar-refractivity contribution in [1.82, 2.24) is 9.13 Å². The number of ether oxygens (including phenoxy) is 1. The van der Waals surface area contributed by atoms with Gasteiger partial charge in [-0.15, -0.1) is 0 Å². The minimum absolute atomic E-state index is 0.276. The molecule has 0 amide bonds. The Balaban J connectivity index is 0.954. The van der Waals surface area contributed by atoms with Gasteiger partial charge in [0.2, 0.25) is 0 Å². The third kappa shape index (κ3) is 7.05.